The van der Waals surface area contributed by atoms with Crippen LogP contribution in [-0.2, 0) is 16.0 Å². The average Bonchev–Trinajstić information content (AvgIpc) is 2.59. The van der Waals surface area contributed by atoms with Crippen LogP contribution in [0.15, 0.2) is 24.3 Å². The minimum absolute atomic E-state index is 0.00703. The Morgan fingerprint density at radius 2 is 2.00 bits per heavy atom. The number of benzene rings is 1. The lowest BCUT2D eigenvalue weighted by molar-refractivity contribution is -0.124. The predicted octanol–water partition coefficient (Wildman–Crippen LogP) is 2.39. The molecule has 1 fully saturated rings. The highest BCUT2D eigenvalue weighted by atomic mass is 16.3. The molecule has 1 aromatic rings. The van der Waals surface area contributed by atoms with Gasteiger partial charge in [-0.2, -0.15) is 0 Å². The number of hydrogen-bond acceptors (Lipinski definition) is 3. The number of aliphatic hydroxyl groups is 1. The predicted molar refractivity (Wildman–Crippen MR) is 92.5 cm³/mol. The van der Waals surface area contributed by atoms with E-state index in [4.69, 9.17) is 0 Å². The monoisotopic (exact) mass is 330 g/mol. The molecule has 0 radical (unpaired) electrons. The van der Waals surface area contributed by atoms with E-state index in [1.807, 2.05) is 24.3 Å². The quantitative estimate of drug-likeness (QED) is 0.776. The van der Waals surface area contributed by atoms with Gasteiger partial charge in [-0.15, -0.1) is 0 Å². The summed E-state index contributed by atoms with van der Waals surface area (Å²) >= 11 is 0. The van der Waals surface area contributed by atoms with Gasteiger partial charge in [-0.25, -0.2) is 0 Å². The summed E-state index contributed by atoms with van der Waals surface area (Å²) in [6.45, 7) is 0.325. The van der Waals surface area contributed by atoms with Crippen molar-refractivity contribution in [3.8, 4) is 0 Å². The molecule has 5 heteroatoms. The lowest BCUT2D eigenvalue weighted by Crippen LogP contribution is -2.44. The molecular weight excluding hydrogens is 304 g/mol. The number of rotatable bonds is 5. The maximum absolute atomic E-state index is 12.1. The molecule has 2 amide bonds. The van der Waals surface area contributed by atoms with E-state index in [9.17, 15) is 14.7 Å². The topological polar surface area (TPSA) is 78.4 Å². The van der Waals surface area contributed by atoms with Crippen LogP contribution < -0.4 is 10.6 Å². The number of nitrogens with one attached hydrogen (secondary N) is 2. The number of amides is 2. The molecule has 1 atom stereocenters. The van der Waals surface area contributed by atoms with Crippen LogP contribution >= 0.6 is 0 Å². The molecule has 0 aromatic heterocycles. The molecule has 24 heavy (non-hydrogen) atoms. The van der Waals surface area contributed by atoms with E-state index in [2.05, 4.69) is 10.6 Å². The molecule has 1 heterocycles. The molecule has 5 nitrogen and oxygen atoms in total. The van der Waals surface area contributed by atoms with Crippen molar-refractivity contribution in [3.63, 3.8) is 0 Å². The van der Waals surface area contributed by atoms with Crippen LogP contribution in [0.1, 0.15) is 50.5 Å². The second kappa shape index (κ2) is 7.34. The first-order valence-electron chi connectivity index (χ1n) is 8.94. The average molecular weight is 330 g/mol. The Kier molecular flexibility index (Phi) is 5.19. The Morgan fingerprint density at radius 1 is 1.25 bits per heavy atom. The van der Waals surface area contributed by atoms with Crippen molar-refractivity contribution in [2.24, 2.45) is 5.92 Å². The number of anilines is 1. The van der Waals surface area contributed by atoms with E-state index in [1.54, 1.807) is 0 Å². The fourth-order valence-corrected chi connectivity index (χ4v) is 3.69. The zero-order valence-electron chi connectivity index (χ0n) is 14.0. The van der Waals surface area contributed by atoms with Crippen molar-refractivity contribution in [1.29, 1.82) is 0 Å². The van der Waals surface area contributed by atoms with Crippen molar-refractivity contribution < 1.29 is 14.7 Å². The third kappa shape index (κ3) is 4.15. The molecule has 1 aliphatic carbocycles. The third-order valence-electron chi connectivity index (χ3n) is 5.23. The van der Waals surface area contributed by atoms with Crippen molar-refractivity contribution in [3.05, 3.63) is 29.8 Å². The highest BCUT2D eigenvalue weighted by molar-refractivity contribution is 5.96. The Bertz CT molecular complexity index is 608. The molecule has 0 saturated heterocycles. The Balaban J connectivity index is 1.45. The van der Waals surface area contributed by atoms with E-state index in [0.717, 1.165) is 43.4 Å². The van der Waals surface area contributed by atoms with Gasteiger partial charge in [-0.3, -0.25) is 9.59 Å². The summed E-state index contributed by atoms with van der Waals surface area (Å²) in [7, 11) is 0. The van der Waals surface area contributed by atoms with Gasteiger partial charge in [0.15, 0.2) is 0 Å². The van der Waals surface area contributed by atoms with Crippen LogP contribution in [-0.4, -0.2) is 29.1 Å². The summed E-state index contributed by atoms with van der Waals surface area (Å²) in [6, 6.07) is 7.79. The Labute approximate surface area is 142 Å². The maximum atomic E-state index is 12.1. The van der Waals surface area contributed by atoms with Crippen LogP contribution in [0.5, 0.6) is 0 Å². The standard InChI is InChI=1S/C19H26N2O3/c22-17(20-13-19(24)10-4-1-5-11-19)9-8-15-12-14-6-2-3-7-16(14)21-18(15)23/h2-3,6-7,15,24H,1,4-5,8-13H2,(H,20,22)(H,21,23). The number of carbonyl (C=O) groups excluding carboxylic acids is 2. The second-order valence-electron chi connectivity index (χ2n) is 7.15. The highest BCUT2D eigenvalue weighted by Crippen LogP contribution is 2.28. The minimum Gasteiger partial charge on any atom is -0.388 e. The van der Waals surface area contributed by atoms with Gasteiger partial charge in [-0.05, 0) is 37.3 Å². The first-order chi connectivity index (χ1) is 11.6. The molecule has 3 N–H and O–H groups in total. The summed E-state index contributed by atoms with van der Waals surface area (Å²) in [4.78, 5) is 24.2. The van der Waals surface area contributed by atoms with Crippen molar-refractivity contribution in [2.75, 3.05) is 11.9 Å². The van der Waals surface area contributed by atoms with Crippen LogP contribution in [0.4, 0.5) is 5.69 Å². The van der Waals surface area contributed by atoms with Gasteiger partial charge in [0.25, 0.3) is 0 Å². The summed E-state index contributed by atoms with van der Waals surface area (Å²) in [6.07, 6.45) is 6.25. The van der Waals surface area contributed by atoms with Gasteiger partial charge in [0.2, 0.25) is 11.8 Å². The molecule has 2 aliphatic rings. The van der Waals surface area contributed by atoms with Crippen molar-refractivity contribution in [2.45, 2.75) is 57.0 Å². The van der Waals surface area contributed by atoms with E-state index in [-0.39, 0.29) is 17.7 Å². The number of carbonyl (C=O) groups is 2. The van der Waals surface area contributed by atoms with E-state index < -0.39 is 5.60 Å². The van der Waals surface area contributed by atoms with Gasteiger partial charge >= 0.3 is 0 Å². The molecule has 1 saturated carbocycles. The zero-order chi connectivity index (χ0) is 17.0. The fraction of sp³-hybridized carbons (Fsp3) is 0.579. The summed E-state index contributed by atoms with van der Waals surface area (Å²) in [5.74, 6) is -0.253. The van der Waals surface area contributed by atoms with Crippen LogP contribution in [0.3, 0.4) is 0 Å². The normalized spacial score (nSPS) is 22.4. The van der Waals surface area contributed by atoms with Crippen LogP contribution in [0, 0.1) is 5.92 Å². The molecule has 1 aliphatic heterocycles. The van der Waals surface area contributed by atoms with E-state index in [0.29, 0.717) is 25.8 Å². The van der Waals surface area contributed by atoms with Gasteiger partial charge in [0.1, 0.15) is 0 Å². The third-order valence-corrected chi connectivity index (χ3v) is 5.23. The number of hydrogen-bond donors (Lipinski definition) is 3. The molecule has 1 unspecified atom stereocenters. The lowest BCUT2D eigenvalue weighted by Gasteiger charge is -2.32. The minimum atomic E-state index is -0.741. The highest BCUT2D eigenvalue weighted by Gasteiger charge is 2.30. The first kappa shape index (κ1) is 17.0. The maximum Gasteiger partial charge on any atom is 0.227 e. The fourth-order valence-electron chi connectivity index (χ4n) is 3.69. The molecular formula is C19H26N2O3. The smallest absolute Gasteiger partial charge is 0.227 e. The van der Waals surface area contributed by atoms with Crippen molar-refractivity contribution >= 4 is 17.5 Å². The Hall–Kier alpha value is -1.88. The summed E-state index contributed by atoms with van der Waals surface area (Å²) in [5.41, 5.74) is 1.26. The van der Waals surface area contributed by atoms with Gasteiger partial charge < -0.3 is 15.7 Å². The van der Waals surface area contributed by atoms with Gasteiger partial charge in [-0.1, -0.05) is 37.5 Å². The summed E-state index contributed by atoms with van der Waals surface area (Å²) < 4.78 is 0. The first-order valence-corrected chi connectivity index (χ1v) is 8.94. The number of para-hydroxylation sites is 1. The van der Waals surface area contributed by atoms with Crippen LogP contribution in [0.2, 0.25) is 0 Å². The van der Waals surface area contributed by atoms with Gasteiger partial charge in [0.05, 0.1) is 5.60 Å². The largest absolute Gasteiger partial charge is 0.388 e. The van der Waals surface area contributed by atoms with Crippen molar-refractivity contribution in [1.82, 2.24) is 5.32 Å². The number of fused-ring (bicyclic) bond motifs is 1. The molecule has 0 bridgehead atoms. The van der Waals surface area contributed by atoms with E-state index in [1.165, 1.54) is 0 Å². The zero-order valence-corrected chi connectivity index (χ0v) is 14.0. The lowest BCUT2D eigenvalue weighted by atomic mass is 9.85. The van der Waals surface area contributed by atoms with Crippen LogP contribution in [0.25, 0.3) is 0 Å². The van der Waals surface area contributed by atoms with Gasteiger partial charge in [0, 0.05) is 24.6 Å². The van der Waals surface area contributed by atoms with E-state index >= 15 is 0 Å². The molecule has 0 spiro atoms. The SMILES string of the molecule is O=C(CCC1Cc2ccccc2NC1=O)NCC1(O)CCCCC1. The Morgan fingerprint density at radius 3 is 2.79 bits per heavy atom. The molecule has 130 valence electrons. The summed E-state index contributed by atoms with van der Waals surface area (Å²) in [5, 5.41) is 16.2. The molecule has 1 aromatic carbocycles. The molecule has 3 rings (SSSR count). The second-order valence-corrected chi connectivity index (χ2v) is 7.15.